The molecule has 6 heteroatoms. The van der Waals surface area contributed by atoms with E-state index in [1.165, 1.54) is 6.20 Å². The van der Waals surface area contributed by atoms with Crippen LogP contribution in [0.15, 0.2) is 48.7 Å². The minimum atomic E-state index is -0.597. The van der Waals surface area contributed by atoms with Crippen LogP contribution in [-0.2, 0) is 0 Å². The number of hydrogen-bond donors (Lipinski definition) is 1. The second-order valence-corrected chi connectivity index (χ2v) is 3.38. The van der Waals surface area contributed by atoms with Crippen molar-refractivity contribution in [3.05, 3.63) is 70.0 Å². The molecule has 0 aliphatic heterocycles. The number of benzene rings is 1. The van der Waals surface area contributed by atoms with Crippen LogP contribution in [0.1, 0.15) is 17.3 Å². The smallest absolute Gasteiger partial charge is 0.158 e. The Bertz CT molecular complexity index is 450. The summed E-state index contributed by atoms with van der Waals surface area (Å²) in [7, 11) is 0. The molecular weight excluding hydrogens is 220 g/mol. The van der Waals surface area contributed by atoms with Gasteiger partial charge in [-0.15, -0.1) is 5.43 Å². The number of hydrazine groups is 1. The number of nitrogens with one attached hydrogen (secondary N) is 1. The monoisotopic (exact) mass is 230 g/mol. The van der Waals surface area contributed by atoms with Gasteiger partial charge < -0.3 is 0 Å². The van der Waals surface area contributed by atoms with Crippen molar-refractivity contribution in [3.63, 3.8) is 0 Å². The summed E-state index contributed by atoms with van der Waals surface area (Å²) in [5.74, 6) is 0. The standard InChI is InChI=1S/C11H10N4O2/c16-15(17)14-11(9-5-2-1-3-6-9)10-7-4-8-12-13-10/h1-8,11,14H. The number of nitro groups is 1. The maximum absolute atomic E-state index is 10.6. The van der Waals surface area contributed by atoms with Crippen molar-refractivity contribution in [3.8, 4) is 0 Å². The second kappa shape index (κ2) is 5.02. The van der Waals surface area contributed by atoms with Crippen molar-refractivity contribution in [2.75, 3.05) is 0 Å². The summed E-state index contributed by atoms with van der Waals surface area (Å²) in [4.78, 5) is 10.6. The molecule has 86 valence electrons. The van der Waals surface area contributed by atoms with Gasteiger partial charge in [-0.25, -0.2) is 10.1 Å². The molecule has 1 aromatic carbocycles. The van der Waals surface area contributed by atoms with Gasteiger partial charge >= 0.3 is 0 Å². The van der Waals surface area contributed by atoms with Crippen LogP contribution in [0.2, 0.25) is 0 Å². The Kier molecular flexibility index (Phi) is 3.25. The minimum Gasteiger partial charge on any atom is -0.235 e. The zero-order valence-electron chi connectivity index (χ0n) is 8.85. The molecule has 0 saturated heterocycles. The molecule has 0 aliphatic carbocycles. The Balaban J connectivity index is 2.36. The van der Waals surface area contributed by atoms with Crippen LogP contribution < -0.4 is 5.43 Å². The molecule has 2 rings (SSSR count). The fourth-order valence-electron chi connectivity index (χ4n) is 1.53. The third-order valence-electron chi connectivity index (χ3n) is 2.26. The fourth-order valence-corrected chi connectivity index (χ4v) is 1.53. The molecular formula is C11H10N4O2. The first-order chi connectivity index (χ1) is 8.27. The molecule has 1 aromatic heterocycles. The number of aromatic nitrogens is 2. The van der Waals surface area contributed by atoms with E-state index in [-0.39, 0.29) is 0 Å². The van der Waals surface area contributed by atoms with Crippen molar-refractivity contribution in [1.29, 1.82) is 0 Å². The molecule has 6 nitrogen and oxygen atoms in total. The van der Waals surface area contributed by atoms with Gasteiger partial charge in [0.25, 0.3) is 0 Å². The predicted octanol–water partition coefficient (Wildman–Crippen LogP) is 1.35. The normalized spacial score (nSPS) is 11.8. The van der Waals surface area contributed by atoms with Gasteiger partial charge in [0.1, 0.15) is 0 Å². The Morgan fingerprint density at radius 3 is 2.53 bits per heavy atom. The molecule has 0 amide bonds. The van der Waals surface area contributed by atoms with Gasteiger partial charge in [-0.1, -0.05) is 30.3 Å². The largest absolute Gasteiger partial charge is 0.235 e. The lowest BCUT2D eigenvalue weighted by molar-refractivity contribution is -0.550. The van der Waals surface area contributed by atoms with Gasteiger partial charge in [0, 0.05) is 6.20 Å². The molecule has 0 radical (unpaired) electrons. The van der Waals surface area contributed by atoms with E-state index in [1.54, 1.807) is 24.3 Å². The quantitative estimate of drug-likeness (QED) is 0.633. The van der Waals surface area contributed by atoms with Crippen LogP contribution >= 0.6 is 0 Å². The van der Waals surface area contributed by atoms with E-state index in [2.05, 4.69) is 15.6 Å². The molecule has 0 spiro atoms. The zero-order valence-corrected chi connectivity index (χ0v) is 8.85. The first-order valence-corrected chi connectivity index (χ1v) is 5.00. The molecule has 1 unspecified atom stereocenters. The van der Waals surface area contributed by atoms with E-state index in [1.807, 2.05) is 18.2 Å². The van der Waals surface area contributed by atoms with Crippen molar-refractivity contribution in [1.82, 2.24) is 15.6 Å². The predicted molar refractivity (Wildman–Crippen MR) is 60.4 cm³/mol. The summed E-state index contributed by atoms with van der Waals surface area (Å²) in [5.41, 5.74) is 3.51. The van der Waals surface area contributed by atoms with E-state index in [4.69, 9.17) is 0 Å². The van der Waals surface area contributed by atoms with Gasteiger partial charge in [-0.2, -0.15) is 10.2 Å². The zero-order chi connectivity index (χ0) is 12.1. The maximum atomic E-state index is 10.6. The molecule has 1 N–H and O–H groups in total. The van der Waals surface area contributed by atoms with Gasteiger partial charge in [0.05, 0.1) is 5.69 Å². The van der Waals surface area contributed by atoms with Crippen LogP contribution in [0.25, 0.3) is 0 Å². The molecule has 1 heterocycles. The summed E-state index contributed by atoms with van der Waals surface area (Å²) in [6.07, 6.45) is 1.53. The molecule has 0 bridgehead atoms. The molecule has 0 fully saturated rings. The lowest BCUT2D eigenvalue weighted by Crippen LogP contribution is -2.28. The third kappa shape index (κ3) is 2.75. The van der Waals surface area contributed by atoms with E-state index in [0.717, 1.165) is 5.56 Å². The van der Waals surface area contributed by atoms with Crippen molar-refractivity contribution in [2.24, 2.45) is 0 Å². The van der Waals surface area contributed by atoms with E-state index in [0.29, 0.717) is 5.69 Å². The van der Waals surface area contributed by atoms with Gasteiger partial charge in [-0.3, -0.25) is 0 Å². The van der Waals surface area contributed by atoms with Crippen molar-refractivity contribution in [2.45, 2.75) is 6.04 Å². The summed E-state index contributed by atoms with van der Waals surface area (Å²) in [6, 6.07) is 11.9. The van der Waals surface area contributed by atoms with Crippen molar-refractivity contribution >= 4 is 0 Å². The summed E-state index contributed by atoms with van der Waals surface area (Å²) >= 11 is 0. The fraction of sp³-hybridized carbons (Fsp3) is 0.0909. The average Bonchev–Trinajstić information content (AvgIpc) is 2.38. The third-order valence-corrected chi connectivity index (χ3v) is 2.26. The number of hydrogen-bond acceptors (Lipinski definition) is 4. The second-order valence-electron chi connectivity index (χ2n) is 3.38. The average molecular weight is 230 g/mol. The van der Waals surface area contributed by atoms with Gasteiger partial charge in [0.15, 0.2) is 11.1 Å². The molecule has 1 atom stereocenters. The molecule has 0 saturated carbocycles. The first kappa shape index (κ1) is 11.0. The highest BCUT2D eigenvalue weighted by atomic mass is 16.7. The van der Waals surface area contributed by atoms with Crippen LogP contribution in [0.3, 0.4) is 0 Å². The Morgan fingerprint density at radius 2 is 1.94 bits per heavy atom. The minimum absolute atomic E-state index is 0.510. The number of rotatable bonds is 4. The molecule has 0 aliphatic rings. The number of nitrogens with zero attached hydrogens (tertiary/aromatic N) is 3. The molecule has 17 heavy (non-hydrogen) atoms. The summed E-state index contributed by atoms with van der Waals surface area (Å²) in [6.45, 7) is 0. The highest BCUT2D eigenvalue weighted by Crippen LogP contribution is 2.18. The highest BCUT2D eigenvalue weighted by molar-refractivity contribution is 5.26. The van der Waals surface area contributed by atoms with E-state index < -0.39 is 11.1 Å². The summed E-state index contributed by atoms with van der Waals surface area (Å²) in [5, 5.41) is 17.6. The van der Waals surface area contributed by atoms with E-state index in [9.17, 15) is 10.1 Å². The van der Waals surface area contributed by atoms with Crippen LogP contribution in [0, 0.1) is 10.1 Å². The topological polar surface area (TPSA) is 81.0 Å². The first-order valence-electron chi connectivity index (χ1n) is 5.00. The van der Waals surface area contributed by atoms with Crippen LogP contribution in [0.4, 0.5) is 0 Å². The molecule has 2 aromatic rings. The highest BCUT2D eigenvalue weighted by Gasteiger charge is 2.19. The Morgan fingerprint density at radius 1 is 1.18 bits per heavy atom. The van der Waals surface area contributed by atoms with Gasteiger partial charge in [0.2, 0.25) is 0 Å². The lowest BCUT2D eigenvalue weighted by Gasteiger charge is -2.12. The SMILES string of the molecule is O=[N+]([O-])NC(c1ccccc1)c1cccnn1. The van der Waals surface area contributed by atoms with Crippen LogP contribution in [-0.4, -0.2) is 15.2 Å². The summed E-state index contributed by atoms with van der Waals surface area (Å²) < 4.78 is 0. The Labute approximate surface area is 97.4 Å². The van der Waals surface area contributed by atoms with Crippen molar-refractivity contribution < 1.29 is 5.03 Å². The Hall–Kier alpha value is -2.50. The lowest BCUT2D eigenvalue weighted by atomic mass is 10.0. The van der Waals surface area contributed by atoms with Gasteiger partial charge in [-0.05, 0) is 17.7 Å². The van der Waals surface area contributed by atoms with E-state index >= 15 is 0 Å². The maximum Gasteiger partial charge on any atom is 0.158 e. The van der Waals surface area contributed by atoms with Crippen LogP contribution in [0.5, 0.6) is 0 Å².